The lowest BCUT2D eigenvalue weighted by atomic mass is 10.0. The van der Waals surface area contributed by atoms with E-state index >= 15 is 0 Å². The average molecular weight is 449 g/mol. The minimum atomic E-state index is -1.11. The Kier molecular flexibility index (Phi) is 19.3. The Morgan fingerprint density at radius 2 is 1.03 bits per heavy atom. The van der Waals surface area contributed by atoms with Gasteiger partial charge in [-0.25, -0.2) is 9.59 Å². The van der Waals surface area contributed by atoms with Crippen molar-refractivity contribution in [1.82, 2.24) is 0 Å². The van der Waals surface area contributed by atoms with E-state index in [1.54, 1.807) is 0 Å². The van der Waals surface area contributed by atoms with Crippen LogP contribution >= 0.6 is 0 Å². The second-order valence-electron chi connectivity index (χ2n) is 8.49. The smallest absolute Gasteiger partial charge is 0.335 e. The predicted molar refractivity (Wildman–Crippen MR) is 131 cm³/mol. The van der Waals surface area contributed by atoms with E-state index in [4.69, 9.17) is 10.2 Å². The number of benzene rings is 1. The van der Waals surface area contributed by atoms with Gasteiger partial charge >= 0.3 is 11.9 Å². The molecule has 5 nitrogen and oxygen atoms in total. The molecule has 0 saturated carbocycles. The van der Waals surface area contributed by atoms with Gasteiger partial charge in [-0.15, -0.1) is 0 Å². The lowest BCUT2D eigenvalue weighted by Gasteiger charge is -2.03. The van der Waals surface area contributed by atoms with Crippen LogP contribution in [0.2, 0.25) is 0 Å². The lowest BCUT2D eigenvalue weighted by Crippen LogP contribution is -2.06. The molecule has 0 spiro atoms. The Bertz CT molecular complexity index is 607. The molecule has 0 radical (unpaired) electrons. The number of aromatic carboxylic acids is 2. The maximum atomic E-state index is 10.6. The van der Waals surface area contributed by atoms with Crippen molar-refractivity contribution in [2.24, 2.45) is 0 Å². The normalized spacial score (nSPS) is 10.3. The summed E-state index contributed by atoms with van der Waals surface area (Å²) in [6.45, 7) is 3.76. The zero-order chi connectivity index (χ0) is 24.0. The standard InChI is InChI=1S/C18H36O.C9H8O4/c1-2-3-4-5-6-7-8-9-10-11-12-13-14-15-16-17-18-19;1-5-6(8(10)11)3-2-4-7(5)9(12)13/h18H,2-17H2,1H3;2-4H,1H3,(H,10,11)(H,12,13). The van der Waals surface area contributed by atoms with Crippen molar-refractivity contribution < 1.29 is 24.6 Å². The van der Waals surface area contributed by atoms with Crippen LogP contribution in [0.5, 0.6) is 0 Å². The Labute approximate surface area is 194 Å². The van der Waals surface area contributed by atoms with Gasteiger partial charge in [0.1, 0.15) is 6.29 Å². The van der Waals surface area contributed by atoms with Crippen LogP contribution in [0.25, 0.3) is 0 Å². The molecule has 0 saturated heterocycles. The van der Waals surface area contributed by atoms with Crippen molar-refractivity contribution in [2.45, 2.75) is 117 Å². The molecular weight excluding hydrogens is 404 g/mol. The maximum absolute atomic E-state index is 10.6. The minimum absolute atomic E-state index is 0.0277. The number of carbonyl (C=O) groups excluding carboxylic acids is 1. The first kappa shape index (κ1) is 29.8. The van der Waals surface area contributed by atoms with E-state index in [-0.39, 0.29) is 16.7 Å². The summed E-state index contributed by atoms with van der Waals surface area (Å²) in [6.07, 6.45) is 22.6. The third kappa shape index (κ3) is 15.6. The number of carboxylic acid groups (broad SMARTS) is 2. The quantitative estimate of drug-likeness (QED) is 0.176. The SMILES string of the molecule is CCCCCCCCCCCCCCCCCC=O.Cc1c(C(=O)O)cccc1C(=O)O. The molecule has 32 heavy (non-hydrogen) atoms. The number of hydrogen-bond acceptors (Lipinski definition) is 3. The van der Waals surface area contributed by atoms with Crippen LogP contribution < -0.4 is 0 Å². The van der Waals surface area contributed by atoms with Gasteiger partial charge in [0.15, 0.2) is 0 Å². The minimum Gasteiger partial charge on any atom is -0.478 e. The third-order valence-electron chi connectivity index (χ3n) is 5.72. The summed E-state index contributed by atoms with van der Waals surface area (Å²) in [5.74, 6) is -2.22. The number of carboxylic acids is 2. The molecule has 0 unspecified atom stereocenters. The van der Waals surface area contributed by atoms with Crippen molar-refractivity contribution in [3.63, 3.8) is 0 Å². The Morgan fingerprint density at radius 1 is 0.688 bits per heavy atom. The van der Waals surface area contributed by atoms with Gasteiger partial charge in [-0.05, 0) is 31.0 Å². The fourth-order valence-corrected chi connectivity index (χ4v) is 3.70. The molecule has 0 heterocycles. The van der Waals surface area contributed by atoms with Gasteiger partial charge in [0, 0.05) is 6.42 Å². The summed E-state index contributed by atoms with van der Waals surface area (Å²) in [6, 6.07) is 4.17. The average Bonchev–Trinajstić information content (AvgIpc) is 2.76. The highest BCUT2D eigenvalue weighted by atomic mass is 16.4. The molecule has 1 rings (SSSR count). The number of hydrogen-bond donors (Lipinski definition) is 2. The first-order chi connectivity index (χ1) is 15.5. The van der Waals surface area contributed by atoms with E-state index in [1.165, 1.54) is 115 Å². The van der Waals surface area contributed by atoms with Crippen LogP contribution in [0, 0.1) is 6.92 Å². The van der Waals surface area contributed by atoms with Crippen molar-refractivity contribution in [1.29, 1.82) is 0 Å². The molecule has 2 N–H and O–H groups in total. The lowest BCUT2D eigenvalue weighted by molar-refractivity contribution is -0.107. The van der Waals surface area contributed by atoms with Gasteiger partial charge in [0.2, 0.25) is 0 Å². The fraction of sp³-hybridized carbons (Fsp3) is 0.667. The van der Waals surface area contributed by atoms with E-state index in [9.17, 15) is 14.4 Å². The van der Waals surface area contributed by atoms with E-state index in [0.29, 0.717) is 0 Å². The molecular formula is C27H44O5. The van der Waals surface area contributed by atoms with Crippen LogP contribution in [0.15, 0.2) is 18.2 Å². The number of rotatable bonds is 18. The summed E-state index contributed by atoms with van der Waals surface area (Å²) < 4.78 is 0. The summed E-state index contributed by atoms with van der Waals surface area (Å²) in [5, 5.41) is 17.4. The summed E-state index contributed by atoms with van der Waals surface area (Å²) >= 11 is 0. The van der Waals surface area contributed by atoms with E-state index in [1.807, 2.05) is 0 Å². The zero-order valence-electron chi connectivity index (χ0n) is 20.2. The van der Waals surface area contributed by atoms with Crippen LogP contribution in [0.1, 0.15) is 136 Å². The number of carbonyl (C=O) groups is 3. The topological polar surface area (TPSA) is 91.7 Å². The first-order valence-corrected chi connectivity index (χ1v) is 12.5. The zero-order valence-corrected chi connectivity index (χ0v) is 20.2. The second kappa shape index (κ2) is 20.7. The van der Waals surface area contributed by atoms with Crippen LogP contribution in [-0.4, -0.2) is 28.4 Å². The first-order valence-electron chi connectivity index (χ1n) is 12.5. The summed E-state index contributed by atoms with van der Waals surface area (Å²) in [4.78, 5) is 31.3. The Hall–Kier alpha value is -2.17. The highest BCUT2D eigenvalue weighted by Crippen LogP contribution is 2.14. The monoisotopic (exact) mass is 448 g/mol. The van der Waals surface area contributed by atoms with Gasteiger partial charge in [-0.2, -0.15) is 0 Å². The second-order valence-corrected chi connectivity index (χ2v) is 8.49. The highest BCUT2D eigenvalue weighted by Gasteiger charge is 2.13. The van der Waals surface area contributed by atoms with E-state index in [0.717, 1.165) is 19.1 Å². The van der Waals surface area contributed by atoms with Crippen molar-refractivity contribution >= 4 is 18.2 Å². The van der Waals surface area contributed by atoms with Crippen molar-refractivity contribution in [3.8, 4) is 0 Å². The van der Waals surface area contributed by atoms with Gasteiger partial charge in [-0.1, -0.05) is 103 Å². The summed E-state index contributed by atoms with van der Waals surface area (Å²) in [7, 11) is 0. The van der Waals surface area contributed by atoms with Crippen LogP contribution in [0.4, 0.5) is 0 Å². The van der Waals surface area contributed by atoms with Crippen LogP contribution in [0.3, 0.4) is 0 Å². The molecule has 1 aromatic rings. The van der Waals surface area contributed by atoms with E-state index in [2.05, 4.69) is 6.92 Å². The molecule has 0 aromatic heterocycles. The highest BCUT2D eigenvalue weighted by molar-refractivity contribution is 5.96. The molecule has 0 fully saturated rings. The molecule has 5 heteroatoms. The van der Waals surface area contributed by atoms with Gasteiger partial charge in [0.05, 0.1) is 11.1 Å². The van der Waals surface area contributed by atoms with Gasteiger partial charge in [-0.3, -0.25) is 0 Å². The number of aldehydes is 1. The fourth-order valence-electron chi connectivity index (χ4n) is 3.70. The molecule has 0 atom stereocenters. The van der Waals surface area contributed by atoms with Crippen molar-refractivity contribution in [2.75, 3.05) is 0 Å². The van der Waals surface area contributed by atoms with E-state index < -0.39 is 11.9 Å². The summed E-state index contributed by atoms with van der Waals surface area (Å²) in [5.41, 5.74) is 0.335. The van der Waals surface area contributed by atoms with Gasteiger partial charge in [0.25, 0.3) is 0 Å². The number of unbranched alkanes of at least 4 members (excludes halogenated alkanes) is 15. The van der Waals surface area contributed by atoms with Crippen LogP contribution in [-0.2, 0) is 4.79 Å². The molecule has 0 bridgehead atoms. The molecule has 0 aliphatic carbocycles. The molecule has 0 aliphatic rings. The largest absolute Gasteiger partial charge is 0.478 e. The molecule has 1 aromatic carbocycles. The third-order valence-corrected chi connectivity index (χ3v) is 5.72. The van der Waals surface area contributed by atoms with Crippen molar-refractivity contribution in [3.05, 3.63) is 34.9 Å². The Morgan fingerprint density at radius 3 is 1.34 bits per heavy atom. The molecule has 0 aliphatic heterocycles. The maximum Gasteiger partial charge on any atom is 0.335 e. The predicted octanol–water partition coefficient (Wildman–Crippen LogP) is 7.84. The molecule has 182 valence electrons. The molecule has 0 amide bonds. The Balaban J connectivity index is 0.000000641. The van der Waals surface area contributed by atoms with Gasteiger partial charge < -0.3 is 15.0 Å².